The van der Waals surface area contributed by atoms with Crippen molar-refractivity contribution in [2.45, 2.75) is 31.8 Å². The molecule has 2 nitrogen and oxygen atoms in total. The van der Waals surface area contributed by atoms with Crippen molar-refractivity contribution in [1.82, 2.24) is 4.98 Å². The lowest BCUT2D eigenvalue weighted by molar-refractivity contribution is 0.00455. The third kappa shape index (κ3) is 1.52. The lowest BCUT2D eigenvalue weighted by Gasteiger charge is -2.25. The van der Waals surface area contributed by atoms with Gasteiger partial charge in [0.2, 0.25) is 0 Å². The Hall–Kier alpha value is -0.960. The fourth-order valence-corrected chi connectivity index (χ4v) is 1.87. The molecule has 0 amide bonds. The number of hydrogen-bond acceptors (Lipinski definition) is 2. The van der Waals surface area contributed by atoms with Crippen molar-refractivity contribution in [2.24, 2.45) is 5.92 Å². The molecule has 0 spiro atoms. The van der Waals surface area contributed by atoms with Crippen LogP contribution >= 0.6 is 0 Å². The van der Waals surface area contributed by atoms with Crippen molar-refractivity contribution < 1.29 is 9.50 Å². The first-order valence-electron chi connectivity index (χ1n) is 5.01. The monoisotopic (exact) mass is 195 g/mol. The van der Waals surface area contributed by atoms with Crippen molar-refractivity contribution in [3.05, 3.63) is 29.8 Å². The highest BCUT2D eigenvalue weighted by Crippen LogP contribution is 2.46. The fraction of sp³-hybridized carbons (Fsp3) is 0.545. The number of rotatable bonds is 3. The molecular weight excluding hydrogens is 181 g/mol. The first-order chi connectivity index (χ1) is 6.66. The molecule has 1 heterocycles. The summed E-state index contributed by atoms with van der Waals surface area (Å²) >= 11 is 0. The molecule has 1 fully saturated rings. The number of pyridine rings is 1. The molecule has 0 aromatic carbocycles. The van der Waals surface area contributed by atoms with Crippen molar-refractivity contribution in [3.8, 4) is 0 Å². The maximum atomic E-state index is 12.7. The van der Waals surface area contributed by atoms with E-state index >= 15 is 0 Å². The zero-order valence-corrected chi connectivity index (χ0v) is 8.20. The zero-order chi connectivity index (χ0) is 10.2. The third-order valence-electron chi connectivity index (χ3n) is 2.96. The Morgan fingerprint density at radius 3 is 2.71 bits per heavy atom. The minimum Gasteiger partial charge on any atom is -0.383 e. The summed E-state index contributed by atoms with van der Waals surface area (Å²) in [5.41, 5.74) is -0.239. The van der Waals surface area contributed by atoms with Crippen molar-refractivity contribution >= 4 is 0 Å². The number of aromatic nitrogens is 1. The fourth-order valence-electron chi connectivity index (χ4n) is 1.87. The Labute approximate surface area is 82.8 Å². The summed E-state index contributed by atoms with van der Waals surface area (Å²) in [6.07, 6.45) is 3.89. The molecule has 76 valence electrons. The van der Waals surface area contributed by atoms with E-state index in [1.807, 2.05) is 6.92 Å². The Morgan fingerprint density at radius 2 is 2.29 bits per heavy atom. The quantitative estimate of drug-likeness (QED) is 0.802. The van der Waals surface area contributed by atoms with Gasteiger partial charge in [0.15, 0.2) is 0 Å². The van der Waals surface area contributed by atoms with Crippen molar-refractivity contribution in [1.29, 1.82) is 0 Å². The first kappa shape index (κ1) is 9.59. The molecule has 0 radical (unpaired) electrons. The Bertz CT molecular complexity index is 321. The molecule has 0 saturated heterocycles. The van der Waals surface area contributed by atoms with Crippen LogP contribution in [0.5, 0.6) is 0 Å². The molecule has 1 atom stereocenters. The van der Waals surface area contributed by atoms with Crippen LogP contribution in [-0.4, -0.2) is 10.1 Å². The third-order valence-corrected chi connectivity index (χ3v) is 2.96. The number of hydrogen-bond donors (Lipinski definition) is 1. The van der Waals surface area contributed by atoms with E-state index in [1.54, 1.807) is 6.07 Å². The van der Waals surface area contributed by atoms with Gasteiger partial charge in [-0.25, -0.2) is 4.39 Å². The maximum absolute atomic E-state index is 12.7. The average Bonchev–Trinajstić information content (AvgIpc) is 3.01. The number of aliphatic hydroxyl groups is 1. The predicted molar refractivity (Wildman–Crippen MR) is 51.1 cm³/mol. The minimum atomic E-state index is -0.840. The standard InChI is InChI=1S/C11H14FNO/c1-2-11(14,8-3-4-8)10-6-5-9(12)7-13-10/h5-8,14H,2-4H2,1H3. The second-order valence-electron chi connectivity index (χ2n) is 3.91. The molecule has 3 heteroatoms. The molecule has 1 saturated carbocycles. The van der Waals surface area contributed by atoms with Gasteiger partial charge in [-0.3, -0.25) is 4.98 Å². The number of halogens is 1. The van der Waals surface area contributed by atoms with Crippen LogP contribution in [-0.2, 0) is 5.60 Å². The molecule has 1 aromatic heterocycles. The molecule has 1 N–H and O–H groups in total. The Kier molecular flexibility index (Phi) is 2.27. The predicted octanol–water partition coefficient (Wildman–Crippen LogP) is 2.23. The van der Waals surface area contributed by atoms with Gasteiger partial charge in [0.05, 0.1) is 11.9 Å². The summed E-state index contributed by atoms with van der Waals surface area (Å²) in [4.78, 5) is 3.96. The van der Waals surface area contributed by atoms with Gasteiger partial charge >= 0.3 is 0 Å². The first-order valence-corrected chi connectivity index (χ1v) is 5.01. The second kappa shape index (κ2) is 3.31. The molecule has 14 heavy (non-hydrogen) atoms. The van der Waals surface area contributed by atoms with Gasteiger partial charge in [-0.1, -0.05) is 6.92 Å². The summed E-state index contributed by atoms with van der Waals surface area (Å²) in [6.45, 7) is 1.93. The summed E-state index contributed by atoms with van der Waals surface area (Å²) in [6, 6.07) is 2.93. The van der Waals surface area contributed by atoms with Crippen LogP contribution in [0.4, 0.5) is 4.39 Å². The van der Waals surface area contributed by atoms with Gasteiger partial charge < -0.3 is 5.11 Å². The van der Waals surface area contributed by atoms with Crippen molar-refractivity contribution in [2.75, 3.05) is 0 Å². The van der Waals surface area contributed by atoms with Crippen LogP contribution in [0.3, 0.4) is 0 Å². The Morgan fingerprint density at radius 1 is 1.57 bits per heavy atom. The number of nitrogens with zero attached hydrogens (tertiary/aromatic N) is 1. The van der Waals surface area contributed by atoms with Gasteiger partial charge in [0.1, 0.15) is 11.4 Å². The van der Waals surface area contributed by atoms with Gasteiger partial charge in [0, 0.05) is 0 Å². The van der Waals surface area contributed by atoms with E-state index in [-0.39, 0.29) is 5.82 Å². The average molecular weight is 195 g/mol. The highest BCUT2D eigenvalue weighted by atomic mass is 19.1. The van der Waals surface area contributed by atoms with E-state index in [0.29, 0.717) is 18.0 Å². The molecule has 1 aromatic rings. The van der Waals surface area contributed by atoms with Crippen LogP contribution in [0, 0.1) is 11.7 Å². The van der Waals surface area contributed by atoms with E-state index in [4.69, 9.17) is 0 Å². The normalized spacial score (nSPS) is 20.5. The maximum Gasteiger partial charge on any atom is 0.141 e. The van der Waals surface area contributed by atoms with Crippen LogP contribution < -0.4 is 0 Å². The summed E-state index contributed by atoms with van der Waals surface area (Å²) in [5, 5.41) is 10.3. The smallest absolute Gasteiger partial charge is 0.141 e. The van der Waals surface area contributed by atoms with E-state index in [2.05, 4.69) is 4.98 Å². The largest absolute Gasteiger partial charge is 0.383 e. The zero-order valence-electron chi connectivity index (χ0n) is 8.20. The molecule has 1 aliphatic rings. The Balaban J connectivity index is 2.31. The van der Waals surface area contributed by atoms with Crippen LogP contribution in [0.25, 0.3) is 0 Å². The van der Waals surface area contributed by atoms with Crippen LogP contribution in [0.15, 0.2) is 18.3 Å². The van der Waals surface area contributed by atoms with Gasteiger partial charge in [0.25, 0.3) is 0 Å². The molecule has 1 aliphatic carbocycles. The van der Waals surface area contributed by atoms with Gasteiger partial charge in [-0.15, -0.1) is 0 Å². The molecule has 0 bridgehead atoms. The van der Waals surface area contributed by atoms with E-state index in [9.17, 15) is 9.50 Å². The molecular formula is C11H14FNO. The SMILES string of the molecule is CCC(O)(c1ccc(F)cn1)C1CC1. The summed E-state index contributed by atoms with van der Waals surface area (Å²) in [7, 11) is 0. The van der Waals surface area contributed by atoms with E-state index < -0.39 is 5.60 Å². The van der Waals surface area contributed by atoms with Gasteiger partial charge in [-0.05, 0) is 37.3 Å². The molecule has 0 aliphatic heterocycles. The van der Waals surface area contributed by atoms with Crippen LogP contribution in [0.1, 0.15) is 31.9 Å². The van der Waals surface area contributed by atoms with Gasteiger partial charge in [-0.2, -0.15) is 0 Å². The molecule has 2 rings (SSSR count). The molecule has 1 unspecified atom stereocenters. The van der Waals surface area contributed by atoms with E-state index in [1.165, 1.54) is 12.3 Å². The summed E-state index contributed by atoms with van der Waals surface area (Å²) < 4.78 is 12.7. The second-order valence-corrected chi connectivity index (χ2v) is 3.91. The van der Waals surface area contributed by atoms with E-state index in [0.717, 1.165) is 12.8 Å². The van der Waals surface area contributed by atoms with Crippen molar-refractivity contribution in [3.63, 3.8) is 0 Å². The highest BCUT2D eigenvalue weighted by molar-refractivity contribution is 5.17. The lowest BCUT2D eigenvalue weighted by atomic mass is 9.90. The summed E-state index contributed by atoms with van der Waals surface area (Å²) in [5.74, 6) is -0.0477. The highest BCUT2D eigenvalue weighted by Gasteiger charge is 2.44. The lowest BCUT2D eigenvalue weighted by Crippen LogP contribution is -2.28. The van der Waals surface area contributed by atoms with Crippen LogP contribution in [0.2, 0.25) is 0 Å². The minimum absolute atomic E-state index is 0.311. The topological polar surface area (TPSA) is 33.1 Å².